The topological polar surface area (TPSA) is 131 Å². The van der Waals surface area contributed by atoms with Crippen LogP contribution in [0.3, 0.4) is 0 Å². The molecule has 4 atom stereocenters. The van der Waals surface area contributed by atoms with Gasteiger partial charge in [-0.1, -0.05) is 50.1 Å². The molecular weight excluding hydrogens is 472 g/mol. The van der Waals surface area contributed by atoms with Crippen LogP contribution in [0.5, 0.6) is 0 Å². The summed E-state index contributed by atoms with van der Waals surface area (Å²) in [6.07, 6.45) is 1.35. The lowest BCUT2D eigenvalue weighted by molar-refractivity contribution is -0.145. The molecule has 0 aliphatic carbocycles. The lowest BCUT2D eigenvalue weighted by atomic mass is 9.97. The molecule has 4 unspecified atom stereocenters. The molecule has 0 spiro atoms. The smallest absolute Gasteiger partial charge is 0.408 e. The molecular formula is C28H46N4O5. The number of nitrogens with zero attached hydrogens (tertiary/aromatic N) is 1. The van der Waals surface area contributed by atoms with Crippen molar-refractivity contribution < 1.29 is 23.9 Å². The van der Waals surface area contributed by atoms with Gasteiger partial charge in [0, 0.05) is 18.5 Å². The summed E-state index contributed by atoms with van der Waals surface area (Å²) in [6, 6.07) is 5.01. The summed E-state index contributed by atoms with van der Waals surface area (Å²) < 4.78 is 5.36. The Labute approximate surface area is 221 Å². The van der Waals surface area contributed by atoms with E-state index in [-0.39, 0.29) is 30.8 Å². The van der Waals surface area contributed by atoms with E-state index in [1.165, 1.54) is 4.90 Å². The highest BCUT2D eigenvalue weighted by molar-refractivity contribution is 5.92. The predicted octanol–water partition coefficient (Wildman–Crippen LogP) is 4.13. The fraction of sp³-hybridized carbons (Fsp3) is 0.643. The van der Waals surface area contributed by atoms with E-state index in [9.17, 15) is 19.2 Å². The highest BCUT2D eigenvalue weighted by Crippen LogP contribution is 2.27. The predicted molar refractivity (Wildman–Crippen MR) is 145 cm³/mol. The van der Waals surface area contributed by atoms with Crippen molar-refractivity contribution in [3.8, 4) is 0 Å². The van der Waals surface area contributed by atoms with Gasteiger partial charge < -0.3 is 26.0 Å². The first-order valence-corrected chi connectivity index (χ1v) is 13.2. The van der Waals surface area contributed by atoms with Gasteiger partial charge in [-0.2, -0.15) is 0 Å². The molecule has 9 heteroatoms. The number of hydrogen-bond acceptors (Lipinski definition) is 5. The van der Waals surface area contributed by atoms with Crippen LogP contribution >= 0.6 is 0 Å². The van der Waals surface area contributed by atoms with E-state index in [1.54, 1.807) is 20.8 Å². The maximum Gasteiger partial charge on any atom is 0.408 e. The number of alkyl carbamates (subject to hydrolysis) is 1. The second-order valence-electron chi connectivity index (χ2n) is 10.7. The first kappa shape index (κ1) is 31.9. The molecule has 1 rings (SSSR count). The van der Waals surface area contributed by atoms with Crippen molar-refractivity contribution in [2.45, 2.75) is 117 Å². The summed E-state index contributed by atoms with van der Waals surface area (Å²) >= 11 is 0. The van der Waals surface area contributed by atoms with Crippen LogP contribution in [-0.4, -0.2) is 52.4 Å². The van der Waals surface area contributed by atoms with E-state index < -0.39 is 35.6 Å². The fourth-order valence-corrected chi connectivity index (χ4v) is 3.98. The average Bonchev–Trinajstić information content (AvgIpc) is 2.78. The minimum Gasteiger partial charge on any atom is -0.444 e. The van der Waals surface area contributed by atoms with E-state index in [0.717, 1.165) is 18.4 Å². The fourth-order valence-electron chi connectivity index (χ4n) is 3.98. The van der Waals surface area contributed by atoms with E-state index >= 15 is 0 Å². The maximum absolute atomic E-state index is 14.1. The number of nitrogens with one attached hydrogen (secondary N) is 2. The van der Waals surface area contributed by atoms with Crippen LogP contribution in [0, 0.1) is 6.92 Å². The van der Waals surface area contributed by atoms with Gasteiger partial charge in [0.1, 0.15) is 17.7 Å². The number of carbonyl (C=O) groups excluding carboxylic acids is 4. The second-order valence-corrected chi connectivity index (χ2v) is 10.7. The largest absolute Gasteiger partial charge is 0.444 e. The van der Waals surface area contributed by atoms with Gasteiger partial charge in [-0.3, -0.25) is 14.4 Å². The van der Waals surface area contributed by atoms with E-state index in [0.29, 0.717) is 12.0 Å². The first-order valence-electron chi connectivity index (χ1n) is 13.2. The maximum atomic E-state index is 14.1. The summed E-state index contributed by atoms with van der Waals surface area (Å²) in [5.41, 5.74) is 6.26. The first-order chi connectivity index (χ1) is 17.2. The van der Waals surface area contributed by atoms with Gasteiger partial charge in [-0.05, 0) is 66.4 Å². The highest BCUT2D eigenvalue weighted by atomic mass is 16.6. The van der Waals surface area contributed by atoms with Crippen molar-refractivity contribution in [1.29, 1.82) is 0 Å². The number of benzene rings is 1. The molecule has 1 aromatic carbocycles. The minimum atomic E-state index is -1.11. The Morgan fingerprint density at radius 2 is 1.59 bits per heavy atom. The molecule has 0 radical (unpaired) electrons. The molecule has 1 aromatic rings. The molecule has 0 aromatic heterocycles. The van der Waals surface area contributed by atoms with Crippen molar-refractivity contribution in [2.24, 2.45) is 5.73 Å². The van der Waals surface area contributed by atoms with Crippen molar-refractivity contribution in [3.05, 3.63) is 35.4 Å². The van der Waals surface area contributed by atoms with Crippen LogP contribution < -0.4 is 16.4 Å². The summed E-state index contributed by atoms with van der Waals surface area (Å²) in [5.74, 6) is -1.38. The standard InChI is InChI=1S/C28H46N4O5/c1-9-11-19(4)30-25(34)24(21-14-12-18(3)13-15-21)32(20(5)10-2)26(35)22(16-17-23(29)33)31-27(36)37-28(6,7)8/h12-15,19-20,22,24H,9-11,16-17H2,1-8H3,(H2,29,33)(H,30,34)(H,31,36). The molecule has 208 valence electrons. The van der Waals surface area contributed by atoms with Crippen LogP contribution in [0.1, 0.15) is 97.7 Å². The lowest BCUT2D eigenvalue weighted by Crippen LogP contribution is -2.56. The molecule has 37 heavy (non-hydrogen) atoms. The van der Waals surface area contributed by atoms with Gasteiger partial charge in [-0.15, -0.1) is 0 Å². The Morgan fingerprint density at radius 3 is 2.08 bits per heavy atom. The van der Waals surface area contributed by atoms with Gasteiger partial charge in [0.25, 0.3) is 0 Å². The molecule has 0 aliphatic rings. The van der Waals surface area contributed by atoms with Gasteiger partial charge in [0.15, 0.2) is 0 Å². The van der Waals surface area contributed by atoms with Crippen molar-refractivity contribution in [3.63, 3.8) is 0 Å². The molecule has 0 saturated heterocycles. The van der Waals surface area contributed by atoms with Gasteiger partial charge >= 0.3 is 6.09 Å². The Kier molecular flexibility index (Phi) is 12.6. The Bertz CT molecular complexity index is 910. The monoisotopic (exact) mass is 518 g/mol. The second kappa shape index (κ2) is 14.6. The van der Waals surface area contributed by atoms with E-state index in [4.69, 9.17) is 10.5 Å². The van der Waals surface area contributed by atoms with Crippen LogP contribution in [0.25, 0.3) is 0 Å². The molecule has 0 aliphatic heterocycles. The normalized spacial score (nSPS) is 14.6. The highest BCUT2D eigenvalue weighted by Gasteiger charge is 2.38. The summed E-state index contributed by atoms with van der Waals surface area (Å²) in [4.78, 5) is 53.5. The Hall–Kier alpha value is -3.10. The van der Waals surface area contributed by atoms with Crippen LogP contribution in [-0.2, 0) is 19.1 Å². The van der Waals surface area contributed by atoms with E-state index in [2.05, 4.69) is 10.6 Å². The van der Waals surface area contributed by atoms with Crippen molar-refractivity contribution in [1.82, 2.24) is 15.5 Å². The van der Waals surface area contributed by atoms with Crippen molar-refractivity contribution >= 4 is 23.8 Å². The number of hydrogen-bond donors (Lipinski definition) is 3. The molecule has 4 N–H and O–H groups in total. The Morgan fingerprint density at radius 1 is 1.00 bits per heavy atom. The van der Waals surface area contributed by atoms with Crippen LogP contribution in [0.2, 0.25) is 0 Å². The number of carbonyl (C=O) groups is 4. The summed E-state index contributed by atoms with van der Waals surface area (Å²) in [7, 11) is 0. The number of rotatable bonds is 13. The number of primary amides is 1. The molecule has 0 bridgehead atoms. The van der Waals surface area contributed by atoms with Crippen molar-refractivity contribution in [2.75, 3.05) is 0 Å². The number of amides is 4. The lowest BCUT2D eigenvalue weighted by Gasteiger charge is -2.38. The van der Waals surface area contributed by atoms with Gasteiger partial charge in [0.05, 0.1) is 0 Å². The Balaban J connectivity index is 3.52. The molecule has 0 saturated carbocycles. The molecule has 0 heterocycles. The number of aryl methyl sites for hydroxylation is 1. The summed E-state index contributed by atoms with van der Waals surface area (Å²) in [5, 5.41) is 5.66. The number of nitrogens with two attached hydrogens (primary N) is 1. The van der Waals surface area contributed by atoms with Crippen LogP contribution in [0.4, 0.5) is 4.79 Å². The third-order valence-electron chi connectivity index (χ3n) is 6.02. The number of ether oxygens (including phenoxy) is 1. The quantitative estimate of drug-likeness (QED) is 0.361. The zero-order valence-corrected chi connectivity index (χ0v) is 23.7. The van der Waals surface area contributed by atoms with Gasteiger partial charge in [-0.25, -0.2) is 4.79 Å². The SMILES string of the molecule is CCCC(C)NC(=O)C(c1ccc(C)cc1)N(C(=O)C(CCC(N)=O)NC(=O)OC(C)(C)C)C(C)CC. The zero-order chi connectivity index (χ0) is 28.3. The van der Waals surface area contributed by atoms with Crippen LogP contribution in [0.15, 0.2) is 24.3 Å². The molecule has 4 amide bonds. The summed E-state index contributed by atoms with van der Waals surface area (Å²) in [6.45, 7) is 14.9. The van der Waals surface area contributed by atoms with E-state index in [1.807, 2.05) is 58.9 Å². The molecule has 9 nitrogen and oxygen atoms in total. The molecule has 0 fully saturated rings. The third-order valence-corrected chi connectivity index (χ3v) is 6.02. The third kappa shape index (κ3) is 10.8. The zero-order valence-electron chi connectivity index (χ0n) is 23.7. The minimum absolute atomic E-state index is 0.0190. The average molecular weight is 519 g/mol. The van der Waals surface area contributed by atoms with Gasteiger partial charge in [0.2, 0.25) is 17.7 Å².